The molecule has 0 radical (unpaired) electrons. The van der Waals surface area contributed by atoms with Crippen LogP contribution in [0.25, 0.3) is 0 Å². The van der Waals surface area contributed by atoms with Gasteiger partial charge in [0.25, 0.3) is 5.09 Å². The third-order valence-electron chi connectivity index (χ3n) is 2.66. The second kappa shape index (κ2) is 7.68. The van der Waals surface area contributed by atoms with Gasteiger partial charge in [-0.2, -0.15) is 0 Å². The highest BCUT2D eigenvalue weighted by molar-refractivity contribution is 5.94. The van der Waals surface area contributed by atoms with Crippen LogP contribution < -0.4 is 9.47 Å². The summed E-state index contributed by atoms with van der Waals surface area (Å²) in [6.07, 6.45) is 0. The van der Waals surface area contributed by atoms with E-state index in [4.69, 9.17) is 9.47 Å². The molecule has 1 aromatic heterocycles. The standard InChI is InChI=1S/C15H12N2O7/c1-10(18)23-13-7-3-2-6-12(13)15(19)24-14-8-4-5-11(16-14)9-22-17(20)21/h2-8H,9H2,1H3. The fourth-order valence-electron chi connectivity index (χ4n) is 1.74. The molecule has 0 bridgehead atoms. The molecule has 0 aliphatic rings. The lowest BCUT2D eigenvalue weighted by atomic mass is 10.2. The molecule has 0 atom stereocenters. The molecule has 0 spiro atoms. The van der Waals surface area contributed by atoms with Crippen molar-refractivity contribution in [2.45, 2.75) is 13.5 Å². The number of ether oxygens (including phenoxy) is 2. The van der Waals surface area contributed by atoms with Crippen molar-refractivity contribution in [2.75, 3.05) is 0 Å². The summed E-state index contributed by atoms with van der Waals surface area (Å²) in [6.45, 7) is 0.838. The number of para-hydroxylation sites is 1. The van der Waals surface area contributed by atoms with Crippen molar-refractivity contribution in [1.82, 2.24) is 4.98 Å². The number of esters is 2. The molecular formula is C15H12N2O7. The van der Waals surface area contributed by atoms with Crippen molar-refractivity contribution in [3.8, 4) is 11.6 Å². The Kier molecular flexibility index (Phi) is 5.40. The molecule has 0 saturated heterocycles. The zero-order valence-electron chi connectivity index (χ0n) is 12.5. The van der Waals surface area contributed by atoms with Gasteiger partial charge in [0.2, 0.25) is 5.88 Å². The van der Waals surface area contributed by atoms with Gasteiger partial charge >= 0.3 is 11.9 Å². The molecule has 24 heavy (non-hydrogen) atoms. The Labute approximate surface area is 135 Å². The van der Waals surface area contributed by atoms with E-state index in [1.54, 1.807) is 12.1 Å². The third-order valence-corrected chi connectivity index (χ3v) is 2.66. The number of nitrogens with zero attached hydrogens (tertiary/aromatic N) is 2. The van der Waals surface area contributed by atoms with E-state index >= 15 is 0 Å². The first kappa shape index (κ1) is 16.9. The average Bonchev–Trinajstić information content (AvgIpc) is 2.53. The fourth-order valence-corrected chi connectivity index (χ4v) is 1.74. The molecule has 0 aliphatic carbocycles. The topological polar surface area (TPSA) is 118 Å². The van der Waals surface area contributed by atoms with Gasteiger partial charge in [-0.15, -0.1) is 10.1 Å². The Morgan fingerprint density at radius 3 is 2.58 bits per heavy atom. The van der Waals surface area contributed by atoms with Gasteiger partial charge in [0.15, 0.2) is 0 Å². The van der Waals surface area contributed by atoms with E-state index in [9.17, 15) is 19.7 Å². The molecule has 1 heterocycles. The number of hydrogen-bond acceptors (Lipinski definition) is 8. The minimum absolute atomic E-state index is 0.0430. The zero-order valence-corrected chi connectivity index (χ0v) is 12.5. The molecular weight excluding hydrogens is 320 g/mol. The second-order valence-corrected chi connectivity index (χ2v) is 4.44. The predicted molar refractivity (Wildman–Crippen MR) is 78.7 cm³/mol. The average molecular weight is 332 g/mol. The van der Waals surface area contributed by atoms with Crippen LogP contribution in [0.15, 0.2) is 42.5 Å². The number of aromatic nitrogens is 1. The van der Waals surface area contributed by atoms with Gasteiger partial charge in [-0.3, -0.25) is 4.79 Å². The molecule has 0 fully saturated rings. The van der Waals surface area contributed by atoms with E-state index < -0.39 is 17.0 Å². The Balaban J connectivity index is 2.14. The summed E-state index contributed by atoms with van der Waals surface area (Å²) < 4.78 is 10.0. The molecule has 124 valence electrons. The number of pyridine rings is 1. The summed E-state index contributed by atoms with van der Waals surface area (Å²) in [7, 11) is 0. The Bertz CT molecular complexity index is 776. The van der Waals surface area contributed by atoms with Gasteiger partial charge in [0.1, 0.15) is 17.9 Å². The van der Waals surface area contributed by atoms with Gasteiger partial charge in [-0.1, -0.05) is 18.2 Å². The van der Waals surface area contributed by atoms with E-state index in [1.165, 1.54) is 37.3 Å². The van der Waals surface area contributed by atoms with Crippen molar-refractivity contribution in [1.29, 1.82) is 0 Å². The van der Waals surface area contributed by atoms with Gasteiger partial charge in [-0.05, 0) is 18.2 Å². The maximum absolute atomic E-state index is 12.2. The first-order valence-corrected chi connectivity index (χ1v) is 6.68. The van der Waals surface area contributed by atoms with Gasteiger partial charge in [0.05, 0.1) is 5.69 Å². The van der Waals surface area contributed by atoms with Crippen molar-refractivity contribution in [3.63, 3.8) is 0 Å². The summed E-state index contributed by atoms with van der Waals surface area (Å²) in [5.74, 6) is -1.37. The number of hydrogen-bond donors (Lipinski definition) is 0. The SMILES string of the molecule is CC(=O)Oc1ccccc1C(=O)Oc1cccc(CO[N+](=O)[O-])n1. The van der Waals surface area contributed by atoms with Crippen molar-refractivity contribution < 1.29 is 29.0 Å². The van der Waals surface area contributed by atoms with Crippen LogP contribution in [0.1, 0.15) is 23.0 Å². The molecule has 0 unspecified atom stereocenters. The van der Waals surface area contributed by atoms with Crippen LogP contribution in [0.3, 0.4) is 0 Å². The summed E-state index contributed by atoms with van der Waals surface area (Å²) in [4.78, 5) is 41.6. The maximum atomic E-state index is 12.2. The van der Waals surface area contributed by atoms with Gasteiger partial charge in [-0.25, -0.2) is 9.78 Å². The monoisotopic (exact) mass is 332 g/mol. The van der Waals surface area contributed by atoms with E-state index in [-0.39, 0.29) is 29.5 Å². The smallest absolute Gasteiger partial charge is 0.348 e. The summed E-state index contributed by atoms with van der Waals surface area (Å²) in [5.41, 5.74) is 0.256. The zero-order chi connectivity index (χ0) is 17.5. The maximum Gasteiger partial charge on any atom is 0.348 e. The van der Waals surface area contributed by atoms with Crippen molar-refractivity contribution in [3.05, 3.63) is 63.8 Å². The molecule has 1 aromatic carbocycles. The minimum Gasteiger partial charge on any atom is -0.426 e. The fraction of sp³-hybridized carbons (Fsp3) is 0.133. The molecule has 9 heteroatoms. The molecule has 0 amide bonds. The first-order chi connectivity index (χ1) is 11.5. The van der Waals surface area contributed by atoms with Crippen LogP contribution in [-0.2, 0) is 16.2 Å². The molecule has 0 saturated carbocycles. The van der Waals surface area contributed by atoms with E-state index in [0.29, 0.717) is 0 Å². The molecule has 0 N–H and O–H groups in total. The number of carbonyl (C=O) groups excluding carboxylic acids is 2. The molecule has 9 nitrogen and oxygen atoms in total. The lowest BCUT2D eigenvalue weighted by Gasteiger charge is -2.08. The van der Waals surface area contributed by atoms with Gasteiger partial charge in [0, 0.05) is 13.0 Å². The Hall–Kier alpha value is -3.49. The van der Waals surface area contributed by atoms with Crippen molar-refractivity contribution in [2.24, 2.45) is 0 Å². The highest BCUT2D eigenvalue weighted by Gasteiger charge is 2.16. The van der Waals surface area contributed by atoms with Crippen LogP contribution in [0.5, 0.6) is 11.6 Å². The highest BCUT2D eigenvalue weighted by Crippen LogP contribution is 2.20. The highest BCUT2D eigenvalue weighted by atomic mass is 16.9. The minimum atomic E-state index is -0.949. The van der Waals surface area contributed by atoms with Gasteiger partial charge < -0.3 is 14.3 Å². The summed E-state index contributed by atoms with van der Waals surface area (Å²) >= 11 is 0. The van der Waals surface area contributed by atoms with E-state index in [0.717, 1.165) is 0 Å². The van der Waals surface area contributed by atoms with Crippen LogP contribution in [-0.4, -0.2) is 22.0 Å². The summed E-state index contributed by atoms with van der Waals surface area (Å²) in [6, 6.07) is 10.5. The van der Waals surface area contributed by atoms with Crippen molar-refractivity contribution >= 4 is 11.9 Å². The second-order valence-electron chi connectivity index (χ2n) is 4.44. The predicted octanol–water partition coefficient (Wildman–Crippen LogP) is 1.93. The van der Waals surface area contributed by atoms with E-state index in [2.05, 4.69) is 9.82 Å². The lowest BCUT2D eigenvalue weighted by molar-refractivity contribution is -0.763. The van der Waals surface area contributed by atoms with Crippen LogP contribution in [0, 0.1) is 10.1 Å². The number of rotatable bonds is 6. The van der Waals surface area contributed by atoms with Crippen LogP contribution >= 0.6 is 0 Å². The van der Waals surface area contributed by atoms with Crippen LogP contribution in [0.2, 0.25) is 0 Å². The molecule has 2 aromatic rings. The number of benzene rings is 1. The van der Waals surface area contributed by atoms with E-state index in [1.807, 2.05) is 0 Å². The molecule has 0 aliphatic heterocycles. The quantitative estimate of drug-likeness (QED) is 0.341. The number of carbonyl (C=O) groups is 2. The first-order valence-electron chi connectivity index (χ1n) is 6.68. The Morgan fingerprint density at radius 1 is 1.12 bits per heavy atom. The largest absolute Gasteiger partial charge is 0.426 e. The normalized spacial score (nSPS) is 9.88. The third kappa shape index (κ3) is 4.77. The van der Waals surface area contributed by atoms with Crippen LogP contribution in [0.4, 0.5) is 0 Å². The summed E-state index contributed by atoms with van der Waals surface area (Å²) in [5, 5.41) is 9.23. The lowest BCUT2D eigenvalue weighted by Crippen LogP contribution is -2.13. The Morgan fingerprint density at radius 2 is 1.88 bits per heavy atom. The molecule has 2 rings (SSSR count).